The van der Waals surface area contributed by atoms with Gasteiger partial charge in [-0.2, -0.15) is 0 Å². The number of hydrogen-bond acceptors (Lipinski definition) is 3. The summed E-state index contributed by atoms with van der Waals surface area (Å²) in [5.74, 6) is -0.166. The Labute approximate surface area is 78.3 Å². The zero-order valence-corrected chi connectivity index (χ0v) is 7.79. The first-order valence-corrected chi connectivity index (χ1v) is 4.79. The van der Waals surface area contributed by atoms with E-state index in [2.05, 4.69) is 5.32 Å². The van der Waals surface area contributed by atoms with Crippen LogP contribution in [0.1, 0.15) is 19.3 Å². The lowest BCUT2D eigenvalue weighted by Gasteiger charge is -2.22. The van der Waals surface area contributed by atoms with Crippen molar-refractivity contribution in [2.24, 2.45) is 5.92 Å². The van der Waals surface area contributed by atoms with E-state index in [0.717, 1.165) is 25.4 Å². The predicted molar refractivity (Wildman–Crippen MR) is 48.7 cm³/mol. The monoisotopic (exact) mass is 187 g/mol. The molecule has 0 amide bonds. The van der Waals surface area contributed by atoms with Crippen LogP contribution < -0.4 is 5.32 Å². The number of rotatable bonds is 5. The second kappa shape index (κ2) is 5.94. The molecule has 0 spiro atoms. The third-order valence-electron chi connectivity index (χ3n) is 2.35. The maximum absolute atomic E-state index is 10.1. The van der Waals surface area contributed by atoms with Crippen molar-refractivity contribution >= 4 is 5.97 Å². The Balaban J connectivity index is 1.95. The van der Waals surface area contributed by atoms with Crippen LogP contribution in [0, 0.1) is 5.92 Å². The van der Waals surface area contributed by atoms with Gasteiger partial charge in [0.25, 0.3) is 0 Å². The van der Waals surface area contributed by atoms with Gasteiger partial charge in [0, 0.05) is 6.61 Å². The lowest BCUT2D eigenvalue weighted by Crippen LogP contribution is -2.28. The highest BCUT2D eigenvalue weighted by Gasteiger charge is 2.12. The molecule has 1 aliphatic rings. The highest BCUT2D eigenvalue weighted by atomic mass is 16.5. The van der Waals surface area contributed by atoms with Crippen LogP contribution in [0.25, 0.3) is 0 Å². The average Bonchev–Trinajstić information content (AvgIpc) is 2.14. The average molecular weight is 187 g/mol. The zero-order valence-electron chi connectivity index (χ0n) is 7.79. The number of piperidine rings is 1. The van der Waals surface area contributed by atoms with E-state index in [-0.39, 0.29) is 6.61 Å². The van der Waals surface area contributed by atoms with Crippen LogP contribution in [0.4, 0.5) is 0 Å². The van der Waals surface area contributed by atoms with E-state index in [9.17, 15) is 4.79 Å². The fourth-order valence-corrected chi connectivity index (χ4v) is 1.58. The van der Waals surface area contributed by atoms with Crippen LogP contribution in [0.2, 0.25) is 0 Å². The van der Waals surface area contributed by atoms with Crippen molar-refractivity contribution < 1.29 is 14.6 Å². The van der Waals surface area contributed by atoms with Gasteiger partial charge >= 0.3 is 5.97 Å². The minimum absolute atomic E-state index is 0.162. The van der Waals surface area contributed by atoms with Crippen molar-refractivity contribution in [1.29, 1.82) is 0 Å². The van der Waals surface area contributed by atoms with Crippen molar-refractivity contribution in [2.75, 3.05) is 26.3 Å². The molecule has 1 aliphatic heterocycles. The maximum atomic E-state index is 10.1. The quantitative estimate of drug-likeness (QED) is 0.614. The van der Waals surface area contributed by atoms with Crippen molar-refractivity contribution in [3.8, 4) is 0 Å². The first-order chi connectivity index (χ1) is 6.29. The molecule has 0 radical (unpaired) electrons. The molecule has 0 bridgehead atoms. The fraction of sp³-hybridized carbons (Fsp3) is 0.889. The molecule has 1 heterocycles. The summed E-state index contributed by atoms with van der Waals surface area (Å²) in [6.07, 6.45) is 3.38. The molecule has 0 saturated carbocycles. The highest BCUT2D eigenvalue weighted by Crippen LogP contribution is 2.15. The normalized spacial score (nSPS) is 18.8. The smallest absolute Gasteiger partial charge is 0.329 e. The fourth-order valence-electron chi connectivity index (χ4n) is 1.58. The van der Waals surface area contributed by atoms with Gasteiger partial charge in [0.05, 0.1) is 0 Å². The number of aliphatic carboxylic acids is 1. The van der Waals surface area contributed by atoms with Gasteiger partial charge in [0.1, 0.15) is 6.61 Å². The Kier molecular flexibility index (Phi) is 4.78. The summed E-state index contributed by atoms with van der Waals surface area (Å²) in [7, 11) is 0. The van der Waals surface area contributed by atoms with Crippen molar-refractivity contribution in [1.82, 2.24) is 5.32 Å². The molecule has 1 rings (SSSR count). The number of ether oxygens (including phenoxy) is 1. The van der Waals surface area contributed by atoms with Crippen LogP contribution in [0.3, 0.4) is 0 Å². The van der Waals surface area contributed by atoms with Gasteiger partial charge in [-0.25, -0.2) is 4.79 Å². The number of nitrogens with one attached hydrogen (secondary N) is 1. The summed E-state index contributed by atoms with van der Waals surface area (Å²) in [4.78, 5) is 10.1. The molecule has 4 heteroatoms. The molecule has 0 aromatic heterocycles. The molecule has 0 aromatic carbocycles. The van der Waals surface area contributed by atoms with Gasteiger partial charge < -0.3 is 15.2 Å². The van der Waals surface area contributed by atoms with Crippen LogP contribution >= 0.6 is 0 Å². The van der Waals surface area contributed by atoms with E-state index in [4.69, 9.17) is 9.84 Å². The Morgan fingerprint density at radius 1 is 1.46 bits per heavy atom. The van der Waals surface area contributed by atoms with Gasteiger partial charge in [0.2, 0.25) is 0 Å². The van der Waals surface area contributed by atoms with Gasteiger partial charge in [-0.05, 0) is 38.3 Å². The zero-order chi connectivity index (χ0) is 9.52. The van der Waals surface area contributed by atoms with E-state index in [1.54, 1.807) is 0 Å². The molecule has 0 atom stereocenters. The summed E-state index contributed by atoms with van der Waals surface area (Å²) >= 11 is 0. The second-order valence-corrected chi connectivity index (χ2v) is 3.43. The van der Waals surface area contributed by atoms with E-state index in [1.165, 1.54) is 12.8 Å². The Morgan fingerprint density at radius 3 is 2.77 bits per heavy atom. The number of carboxylic acid groups (broad SMARTS) is 1. The molecule has 0 aliphatic carbocycles. The Hall–Kier alpha value is -0.610. The predicted octanol–water partition coefficient (Wildman–Crippen LogP) is 0.477. The summed E-state index contributed by atoms with van der Waals surface area (Å²) < 4.78 is 4.98. The summed E-state index contributed by atoms with van der Waals surface area (Å²) in [5.41, 5.74) is 0. The summed E-state index contributed by atoms with van der Waals surface area (Å²) in [5, 5.41) is 11.6. The van der Waals surface area contributed by atoms with Gasteiger partial charge in [-0.15, -0.1) is 0 Å². The van der Waals surface area contributed by atoms with E-state index in [1.807, 2.05) is 0 Å². The number of hydrogen-bond donors (Lipinski definition) is 2. The van der Waals surface area contributed by atoms with Gasteiger partial charge in [-0.3, -0.25) is 0 Å². The summed E-state index contributed by atoms with van der Waals surface area (Å²) in [6, 6.07) is 0. The molecule has 0 unspecified atom stereocenters. The van der Waals surface area contributed by atoms with Gasteiger partial charge in [-0.1, -0.05) is 0 Å². The standard InChI is InChI=1S/C9H17NO3/c11-9(12)7-13-6-3-8-1-4-10-5-2-8/h8,10H,1-7H2,(H,11,12). The van der Waals surface area contributed by atoms with Crippen LogP contribution in [-0.4, -0.2) is 37.4 Å². The first-order valence-electron chi connectivity index (χ1n) is 4.79. The van der Waals surface area contributed by atoms with Crippen molar-refractivity contribution in [3.63, 3.8) is 0 Å². The van der Waals surface area contributed by atoms with Crippen LogP contribution in [0.5, 0.6) is 0 Å². The molecule has 4 nitrogen and oxygen atoms in total. The van der Waals surface area contributed by atoms with Crippen LogP contribution in [0.15, 0.2) is 0 Å². The second-order valence-electron chi connectivity index (χ2n) is 3.43. The SMILES string of the molecule is O=C(O)COCCC1CCNCC1. The number of carboxylic acids is 1. The molecule has 1 fully saturated rings. The van der Waals surface area contributed by atoms with E-state index < -0.39 is 5.97 Å². The first kappa shape index (κ1) is 10.5. The molecule has 13 heavy (non-hydrogen) atoms. The largest absolute Gasteiger partial charge is 0.480 e. The maximum Gasteiger partial charge on any atom is 0.329 e. The lowest BCUT2D eigenvalue weighted by atomic mass is 9.95. The topological polar surface area (TPSA) is 58.6 Å². The summed E-state index contributed by atoms with van der Waals surface area (Å²) in [6.45, 7) is 2.59. The minimum Gasteiger partial charge on any atom is -0.480 e. The molecular formula is C9H17NO3. The molecular weight excluding hydrogens is 170 g/mol. The van der Waals surface area contributed by atoms with E-state index in [0.29, 0.717) is 6.61 Å². The van der Waals surface area contributed by atoms with Gasteiger partial charge in [0.15, 0.2) is 0 Å². The molecule has 2 N–H and O–H groups in total. The highest BCUT2D eigenvalue weighted by molar-refractivity contribution is 5.67. The third-order valence-corrected chi connectivity index (χ3v) is 2.35. The lowest BCUT2D eigenvalue weighted by molar-refractivity contribution is -0.142. The minimum atomic E-state index is -0.884. The molecule has 1 saturated heterocycles. The van der Waals surface area contributed by atoms with E-state index >= 15 is 0 Å². The number of carbonyl (C=O) groups is 1. The third kappa shape index (κ3) is 4.85. The Morgan fingerprint density at radius 2 is 2.15 bits per heavy atom. The molecule has 0 aromatic rings. The Bertz CT molecular complexity index is 155. The van der Waals surface area contributed by atoms with Crippen LogP contribution in [-0.2, 0) is 9.53 Å². The van der Waals surface area contributed by atoms with Crippen molar-refractivity contribution in [2.45, 2.75) is 19.3 Å². The molecule has 76 valence electrons. The van der Waals surface area contributed by atoms with Crippen molar-refractivity contribution in [3.05, 3.63) is 0 Å².